The van der Waals surface area contributed by atoms with Crippen molar-refractivity contribution in [2.45, 2.75) is 18.9 Å². The predicted octanol–water partition coefficient (Wildman–Crippen LogP) is 2.24. The number of nitrogens with zero attached hydrogens (tertiary/aromatic N) is 3. The van der Waals surface area contributed by atoms with Crippen molar-refractivity contribution in [2.24, 2.45) is 0 Å². The number of rotatable bonds is 3. The molecule has 19 heavy (non-hydrogen) atoms. The lowest BCUT2D eigenvalue weighted by Gasteiger charge is -2.30. The van der Waals surface area contributed by atoms with Crippen LogP contribution >= 0.6 is 0 Å². The molecule has 0 bridgehead atoms. The Kier molecular flexibility index (Phi) is 3.46. The van der Waals surface area contributed by atoms with E-state index in [4.69, 9.17) is 4.42 Å². The van der Waals surface area contributed by atoms with Gasteiger partial charge in [-0.15, -0.1) is 10.2 Å². The number of aromatic nitrogens is 2. The van der Waals surface area contributed by atoms with E-state index in [0.717, 1.165) is 17.8 Å². The van der Waals surface area contributed by atoms with Crippen LogP contribution in [-0.2, 0) is 0 Å². The van der Waals surface area contributed by atoms with Gasteiger partial charge in [0.15, 0.2) is 0 Å². The van der Waals surface area contributed by atoms with E-state index in [2.05, 4.69) is 39.6 Å². The summed E-state index contributed by atoms with van der Waals surface area (Å²) in [6.45, 7) is 2.31. The van der Waals surface area contributed by atoms with E-state index >= 15 is 0 Å². The Hall–Kier alpha value is -1.88. The van der Waals surface area contributed by atoms with Crippen LogP contribution in [0.4, 0.5) is 5.69 Å². The largest absolute Gasteiger partial charge is 0.423 e. The van der Waals surface area contributed by atoms with Crippen molar-refractivity contribution in [3.63, 3.8) is 0 Å². The lowest BCUT2D eigenvalue weighted by Crippen LogP contribution is -2.39. The predicted molar refractivity (Wildman–Crippen MR) is 73.9 cm³/mol. The minimum absolute atomic E-state index is 0.535. The topological polar surface area (TPSA) is 54.2 Å². The molecule has 1 N–H and O–H groups in total. The molecule has 5 nitrogen and oxygen atoms in total. The molecule has 5 heteroatoms. The van der Waals surface area contributed by atoms with Gasteiger partial charge in [0.2, 0.25) is 12.3 Å². The molecule has 0 saturated carbocycles. The number of likely N-dealkylation sites (N-methyl/N-ethyl adjacent to an activating group) is 1. The standard InChI is InChI=1S/C14H18N4O/c1-18-8-2-3-13(9-18)16-12-6-4-11(5-7-12)14-17-15-10-19-14/h4-7,10,13,16H,2-3,8-9H2,1H3. The van der Waals surface area contributed by atoms with Crippen molar-refractivity contribution in [3.05, 3.63) is 30.7 Å². The van der Waals surface area contributed by atoms with Gasteiger partial charge in [0.05, 0.1) is 0 Å². The van der Waals surface area contributed by atoms with E-state index in [0.29, 0.717) is 11.9 Å². The van der Waals surface area contributed by atoms with Gasteiger partial charge < -0.3 is 14.6 Å². The van der Waals surface area contributed by atoms with Gasteiger partial charge in [-0.1, -0.05) is 0 Å². The Morgan fingerprint density at radius 2 is 2.16 bits per heavy atom. The fourth-order valence-electron chi connectivity index (χ4n) is 2.53. The van der Waals surface area contributed by atoms with Crippen LogP contribution in [0.1, 0.15) is 12.8 Å². The van der Waals surface area contributed by atoms with E-state index in [1.54, 1.807) is 0 Å². The van der Waals surface area contributed by atoms with Crippen molar-refractivity contribution in [1.82, 2.24) is 15.1 Å². The van der Waals surface area contributed by atoms with E-state index in [1.807, 2.05) is 12.1 Å². The lowest BCUT2D eigenvalue weighted by molar-refractivity contribution is 0.261. The van der Waals surface area contributed by atoms with Gasteiger partial charge in [-0.05, 0) is 50.7 Å². The van der Waals surface area contributed by atoms with Crippen LogP contribution in [0, 0.1) is 0 Å². The molecule has 0 spiro atoms. The zero-order valence-electron chi connectivity index (χ0n) is 11.0. The Balaban J connectivity index is 1.66. The third-order valence-corrected chi connectivity index (χ3v) is 3.49. The summed E-state index contributed by atoms with van der Waals surface area (Å²) in [5, 5.41) is 11.2. The van der Waals surface area contributed by atoms with Crippen molar-refractivity contribution in [1.29, 1.82) is 0 Å². The second-order valence-electron chi connectivity index (χ2n) is 5.07. The summed E-state index contributed by atoms with van der Waals surface area (Å²) >= 11 is 0. The smallest absolute Gasteiger partial charge is 0.247 e. The molecule has 0 radical (unpaired) electrons. The minimum Gasteiger partial charge on any atom is -0.423 e. The molecule has 1 atom stereocenters. The van der Waals surface area contributed by atoms with E-state index in [-0.39, 0.29) is 0 Å². The maximum Gasteiger partial charge on any atom is 0.247 e. The van der Waals surface area contributed by atoms with Crippen molar-refractivity contribution in [3.8, 4) is 11.5 Å². The third-order valence-electron chi connectivity index (χ3n) is 3.49. The van der Waals surface area contributed by atoms with Crippen LogP contribution in [0.5, 0.6) is 0 Å². The fraction of sp³-hybridized carbons (Fsp3) is 0.429. The van der Waals surface area contributed by atoms with Gasteiger partial charge >= 0.3 is 0 Å². The zero-order chi connectivity index (χ0) is 13.1. The molecule has 100 valence electrons. The molecular weight excluding hydrogens is 240 g/mol. The van der Waals surface area contributed by atoms with E-state index in [9.17, 15) is 0 Å². The first-order valence-corrected chi connectivity index (χ1v) is 6.63. The second kappa shape index (κ2) is 5.40. The summed E-state index contributed by atoms with van der Waals surface area (Å²) < 4.78 is 5.17. The SMILES string of the molecule is CN1CCCC(Nc2ccc(-c3nnco3)cc2)C1. The highest BCUT2D eigenvalue weighted by atomic mass is 16.4. The number of benzene rings is 1. The molecule has 2 aromatic rings. The maximum absolute atomic E-state index is 5.17. The van der Waals surface area contributed by atoms with Crippen LogP contribution in [0.25, 0.3) is 11.5 Å². The number of hydrogen-bond acceptors (Lipinski definition) is 5. The Labute approximate surface area is 112 Å². The van der Waals surface area contributed by atoms with Gasteiger partial charge in [0, 0.05) is 23.8 Å². The molecule has 1 fully saturated rings. The summed E-state index contributed by atoms with van der Waals surface area (Å²) in [6.07, 6.45) is 3.84. The molecule has 2 heterocycles. The molecule has 1 unspecified atom stereocenters. The fourth-order valence-corrected chi connectivity index (χ4v) is 2.53. The van der Waals surface area contributed by atoms with Gasteiger partial charge in [-0.3, -0.25) is 0 Å². The molecule has 0 aliphatic carbocycles. The quantitative estimate of drug-likeness (QED) is 0.915. The Bertz CT molecular complexity index is 509. The Morgan fingerprint density at radius 3 is 2.84 bits per heavy atom. The molecular formula is C14H18N4O. The highest BCUT2D eigenvalue weighted by Gasteiger charge is 2.16. The molecule has 1 aromatic carbocycles. The normalized spacial score (nSPS) is 20.4. The molecule has 0 amide bonds. The van der Waals surface area contributed by atoms with Gasteiger partial charge in [0.1, 0.15) is 0 Å². The first kappa shape index (κ1) is 12.2. The monoisotopic (exact) mass is 258 g/mol. The second-order valence-corrected chi connectivity index (χ2v) is 5.07. The van der Waals surface area contributed by atoms with E-state index < -0.39 is 0 Å². The molecule has 3 rings (SSSR count). The summed E-state index contributed by atoms with van der Waals surface area (Å²) in [7, 11) is 2.17. The van der Waals surface area contributed by atoms with Gasteiger partial charge in [0.25, 0.3) is 0 Å². The lowest BCUT2D eigenvalue weighted by atomic mass is 10.1. The first-order valence-electron chi connectivity index (χ1n) is 6.63. The summed E-state index contributed by atoms with van der Waals surface area (Å²) in [6, 6.07) is 8.67. The average molecular weight is 258 g/mol. The van der Waals surface area contributed by atoms with Crippen LogP contribution in [0.15, 0.2) is 35.1 Å². The van der Waals surface area contributed by atoms with Crippen LogP contribution in [0.3, 0.4) is 0 Å². The van der Waals surface area contributed by atoms with Gasteiger partial charge in [-0.2, -0.15) is 0 Å². The highest BCUT2D eigenvalue weighted by molar-refractivity contribution is 5.58. The highest BCUT2D eigenvalue weighted by Crippen LogP contribution is 2.20. The molecule has 1 aliphatic rings. The Morgan fingerprint density at radius 1 is 1.32 bits per heavy atom. The number of anilines is 1. The molecule has 1 aromatic heterocycles. The maximum atomic E-state index is 5.17. The van der Waals surface area contributed by atoms with E-state index in [1.165, 1.54) is 25.8 Å². The van der Waals surface area contributed by atoms with Crippen molar-refractivity contribution >= 4 is 5.69 Å². The number of hydrogen-bond donors (Lipinski definition) is 1. The third kappa shape index (κ3) is 2.93. The van der Waals surface area contributed by atoms with Crippen molar-refractivity contribution < 1.29 is 4.42 Å². The first-order chi connectivity index (χ1) is 9.31. The van der Waals surface area contributed by atoms with Crippen LogP contribution in [0.2, 0.25) is 0 Å². The number of nitrogens with one attached hydrogen (secondary N) is 1. The van der Waals surface area contributed by atoms with Crippen molar-refractivity contribution in [2.75, 3.05) is 25.5 Å². The molecule has 1 saturated heterocycles. The summed E-state index contributed by atoms with van der Waals surface area (Å²) in [5.74, 6) is 0.559. The van der Waals surface area contributed by atoms with Gasteiger partial charge in [-0.25, -0.2) is 0 Å². The number of likely N-dealkylation sites (tertiary alicyclic amines) is 1. The molecule has 1 aliphatic heterocycles. The number of piperidine rings is 1. The average Bonchev–Trinajstić information content (AvgIpc) is 2.94. The van der Waals surface area contributed by atoms with Crippen LogP contribution < -0.4 is 5.32 Å². The summed E-state index contributed by atoms with van der Waals surface area (Å²) in [5.41, 5.74) is 2.09. The minimum atomic E-state index is 0.535. The summed E-state index contributed by atoms with van der Waals surface area (Å²) in [4.78, 5) is 2.37. The van der Waals surface area contributed by atoms with Crippen LogP contribution in [-0.4, -0.2) is 41.3 Å². The zero-order valence-corrected chi connectivity index (χ0v) is 11.0.